The lowest BCUT2D eigenvalue weighted by Crippen LogP contribution is -2.18. The zero-order chi connectivity index (χ0) is 18.6. The van der Waals surface area contributed by atoms with Crippen LogP contribution in [0.15, 0.2) is 73.1 Å². The molecule has 0 amide bonds. The average Bonchev–Trinajstić information content (AvgIpc) is 3.34. The quantitative estimate of drug-likeness (QED) is 0.507. The molecule has 0 aliphatic rings. The second-order valence-electron chi connectivity index (χ2n) is 6.53. The molecule has 2 heterocycles. The van der Waals surface area contributed by atoms with Crippen molar-refractivity contribution in [3.05, 3.63) is 89.2 Å². The highest BCUT2D eigenvalue weighted by atomic mass is 32.1. The highest BCUT2D eigenvalue weighted by molar-refractivity contribution is 7.15. The Labute approximate surface area is 163 Å². The second kappa shape index (κ2) is 7.86. The Balaban J connectivity index is 1.44. The Bertz CT molecular complexity index is 1010. The van der Waals surface area contributed by atoms with Gasteiger partial charge in [0.05, 0.1) is 11.9 Å². The van der Waals surface area contributed by atoms with E-state index in [9.17, 15) is 0 Å². The lowest BCUT2D eigenvalue weighted by atomic mass is 10.1. The van der Waals surface area contributed by atoms with Gasteiger partial charge in [0.25, 0.3) is 0 Å². The van der Waals surface area contributed by atoms with E-state index in [1.165, 1.54) is 16.0 Å². The van der Waals surface area contributed by atoms with Gasteiger partial charge in [0.2, 0.25) is 0 Å². The van der Waals surface area contributed by atoms with Gasteiger partial charge in [0.1, 0.15) is 5.01 Å². The van der Waals surface area contributed by atoms with E-state index in [1.54, 1.807) is 11.3 Å². The van der Waals surface area contributed by atoms with Crippen LogP contribution in [-0.4, -0.2) is 14.8 Å². The van der Waals surface area contributed by atoms with Crippen molar-refractivity contribution in [2.45, 2.75) is 26.4 Å². The molecule has 27 heavy (non-hydrogen) atoms. The zero-order valence-corrected chi connectivity index (χ0v) is 16.3. The molecule has 4 nitrogen and oxygen atoms in total. The molecule has 0 fully saturated rings. The van der Waals surface area contributed by atoms with Crippen molar-refractivity contribution in [2.75, 3.05) is 0 Å². The lowest BCUT2D eigenvalue weighted by Gasteiger charge is -2.13. The van der Waals surface area contributed by atoms with Crippen LogP contribution >= 0.6 is 11.3 Å². The molecule has 0 unspecified atom stereocenters. The fraction of sp³-hybridized carbons (Fsp3) is 0.182. The minimum Gasteiger partial charge on any atom is -0.305 e. The normalized spacial score (nSPS) is 12.2. The van der Waals surface area contributed by atoms with Gasteiger partial charge in [-0.1, -0.05) is 48.5 Å². The van der Waals surface area contributed by atoms with Crippen LogP contribution in [0.4, 0.5) is 0 Å². The molecule has 0 spiro atoms. The third-order valence-corrected chi connectivity index (χ3v) is 5.72. The lowest BCUT2D eigenvalue weighted by molar-refractivity contribution is 0.575. The second-order valence-corrected chi connectivity index (χ2v) is 7.65. The van der Waals surface area contributed by atoms with Crippen LogP contribution < -0.4 is 5.32 Å². The van der Waals surface area contributed by atoms with Crippen molar-refractivity contribution in [3.8, 4) is 16.3 Å². The molecule has 0 aliphatic heterocycles. The van der Waals surface area contributed by atoms with Gasteiger partial charge in [0.15, 0.2) is 0 Å². The zero-order valence-electron chi connectivity index (χ0n) is 15.5. The Morgan fingerprint density at radius 1 is 1.00 bits per heavy atom. The highest BCUT2D eigenvalue weighted by Gasteiger charge is 2.14. The minimum absolute atomic E-state index is 0.213. The van der Waals surface area contributed by atoms with Crippen molar-refractivity contribution >= 4 is 11.3 Å². The smallest absolute Gasteiger partial charge is 0.123 e. The molecule has 0 radical (unpaired) electrons. The first-order chi connectivity index (χ1) is 13.2. The first kappa shape index (κ1) is 17.6. The number of para-hydroxylation sites is 1. The van der Waals surface area contributed by atoms with Crippen molar-refractivity contribution in [3.63, 3.8) is 0 Å². The van der Waals surface area contributed by atoms with E-state index in [4.69, 9.17) is 0 Å². The molecule has 5 heteroatoms. The standard InChI is InChI=1S/C22H22N4S/c1-16(21-15-25-26(17(21)2)19-11-7-4-8-12-19)23-13-20-14-24-22(27-20)18-9-5-3-6-10-18/h3-12,14-16,23H,13H2,1-2H3/t16-/m0/s1. The summed E-state index contributed by atoms with van der Waals surface area (Å²) in [6, 6.07) is 20.8. The van der Waals surface area contributed by atoms with E-state index in [1.807, 2.05) is 53.5 Å². The number of thiazole rings is 1. The third-order valence-electron chi connectivity index (χ3n) is 4.67. The van der Waals surface area contributed by atoms with E-state index in [0.29, 0.717) is 0 Å². The van der Waals surface area contributed by atoms with Crippen LogP contribution in [-0.2, 0) is 6.54 Å². The molecule has 1 N–H and O–H groups in total. The highest BCUT2D eigenvalue weighted by Crippen LogP contribution is 2.26. The van der Waals surface area contributed by atoms with Crippen LogP contribution in [0.1, 0.15) is 29.1 Å². The number of hydrogen-bond donors (Lipinski definition) is 1. The van der Waals surface area contributed by atoms with Gasteiger partial charge < -0.3 is 5.32 Å². The summed E-state index contributed by atoms with van der Waals surface area (Å²) in [6.45, 7) is 5.09. The van der Waals surface area contributed by atoms with E-state index in [0.717, 1.165) is 22.9 Å². The van der Waals surface area contributed by atoms with Crippen molar-refractivity contribution in [1.29, 1.82) is 0 Å². The summed E-state index contributed by atoms with van der Waals surface area (Å²) in [4.78, 5) is 5.79. The van der Waals surface area contributed by atoms with E-state index in [-0.39, 0.29) is 6.04 Å². The minimum atomic E-state index is 0.213. The Hall–Kier alpha value is -2.76. The summed E-state index contributed by atoms with van der Waals surface area (Å²) >= 11 is 1.73. The summed E-state index contributed by atoms with van der Waals surface area (Å²) in [7, 11) is 0. The maximum atomic E-state index is 4.57. The first-order valence-electron chi connectivity index (χ1n) is 9.06. The average molecular weight is 375 g/mol. The summed E-state index contributed by atoms with van der Waals surface area (Å²) in [6.07, 6.45) is 3.93. The molecular formula is C22H22N4S. The van der Waals surface area contributed by atoms with Crippen molar-refractivity contribution in [2.24, 2.45) is 0 Å². The van der Waals surface area contributed by atoms with Gasteiger partial charge in [0, 0.05) is 40.5 Å². The van der Waals surface area contributed by atoms with Crippen LogP contribution in [0.2, 0.25) is 0 Å². The molecule has 0 aliphatic carbocycles. The summed E-state index contributed by atoms with van der Waals surface area (Å²) in [5, 5.41) is 9.24. The maximum Gasteiger partial charge on any atom is 0.123 e. The molecular weight excluding hydrogens is 352 g/mol. The fourth-order valence-electron chi connectivity index (χ4n) is 3.14. The Morgan fingerprint density at radius 3 is 2.44 bits per heavy atom. The van der Waals surface area contributed by atoms with E-state index < -0.39 is 0 Å². The van der Waals surface area contributed by atoms with Crippen LogP contribution in [0.5, 0.6) is 0 Å². The van der Waals surface area contributed by atoms with Crippen molar-refractivity contribution < 1.29 is 0 Å². The van der Waals surface area contributed by atoms with Gasteiger partial charge in [-0.15, -0.1) is 11.3 Å². The van der Waals surface area contributed by atoms with Gasteiger partial charge in [-0.25, -0.2) is 9.67 Å². The molecule has 4 rings (SSSR count). The molecule has 2 aromatic heterocycles. The van der Waals surface area contributed by atoms with Crippen LogP contribution in [0.25, 0.3) is 16.3 Å². The monoisotopic (exact) mass is 374 g/mol. The Kier molecular flexibility index (Phi) is 5.14. The van der Waals surface area contributed by atoms with E-state index in [2.05, 4.69) is 53.5 Å². The van der Waals surface area contributed by atoms with Crippen LogP contribution in [0, 0.1) is 6.92 Å². The molecule has 0 bridgehead atoms. The largest absolute Gasteiger partial charge is 0.305 e. The number of aromatic nitrogens is 3. The molecule has 0 saturated carbocycles. The predicted molar refractivity (Wildman–Crippen MR) is 111 cm³/mol. The molecule has 0 saturated heterocycles. The van der Waals surface area contributed by atoms with Gasteiger partial charge in [-0.2, -0.15) is 5.10 Å². The van der Waals surface area contributed by atoms with Gasteiger partial charge in [-0.05, 0) is 26.0 Å². The number of hydrogen-bond acceptors (Lipinski definition) is 4. The number of nitrogens with zero attached hydrogens (tertiary/aromatic N) is 3. The maximum absolute atomic E-state index is 4.57. The summed E-state index contributed by atoms with van der Waals surface area (Å²) < 4.78 is 1.99. The summed E-state index contributed by atoms with van der Waals surface area (Å²) in [5.74, 6) is 0. The van der Waals surface area contributed by atoms with Crippen LogP contribution in [0.3, 0.4) is 0 Å². The molecule has 1 atom stereocenters. The molecule has 4 aromatic rings. The first-order valence-corrected chi connectivity index (χ1v) is 9.87. The summed E-state index contributed by atoms with van der Waals surface area (Å²) in [5.41, 5.74) is 4.63. The number of benzene rings is 2. The van der Waals surface area contributed by atoms with Gasteiger partial charge in [-0.3, -0.25) is 0 Å². The van der Waals surface area contributed by atoms with E-state index >= 15 is 0 Å². The third kappa shape index (κ3) is 3.84. The number of nitrogens with one attached hydrogen (secondary N) is 1. The number of rotatable bonds is 6. The van der Waals surface area contributed by atoms with Gasteiger partial charge >= 0.3 is 0 Å². The molecule has 2 aromatic carbocycles. The Morgan fingerprint density at radius 2 is 1.70 bits per heavy atom. The molecule has 136 valence electrons. The topological polar surface area (TPSA) is 42.7 Å². The van der Waals surface area contributed by atoms with Crippen molar-refractivity contribution in [1.82, 2.24) is 20.1 Å². The fourth-order valence-corrected chi connectivity index (χ4v) is 4.01. The predicted octanol–water partition coefficient (Wildman–Crippen LogP) is 5.16. The SMILES string of the molecule is Cc1c([C@H](C)NCc2cnc(-c3ccccc3)s2)cnn1-c1ccccc1.